The third kappa shape index (κ3) is 5.43. The lowest BCUT2D eigenvalue weighted by Crippen LogP contribution is -2.40. The van der Waals surface area contributed by atoms with E-state index in [1.807, 2.05) is 47.9 Å². The van der Waals surface area contributed by atoms with Crippen LogP contribution in [0.15, 0.2) is 48.5 Å². The number of nitrogens with zero attached hydrogens (tertiary/aromatic N) is 2. The van der Waals surface area contributed by atoms with E-state index in [-0.39, 0.29) is 11.3 Å². The average Bonchev–Trinajstić information content (AvgIpc) is 3.15. The summed E-state index contributed by atoms with van der Waals surface area (Å²) in [6, 6.07) is 16.0. The van der Waals surface area contributed by atoms with Gasteiger partial charge in [0.15, 0.2) is 10.6 Å². The minimum Gasteiger partial charge on any atom is -0.355 e. The van der Waals surface area contributed by atoms with Gasteiger partial charge in [-0.1, -0.05) is 67.4 Å². The summed E-state index contributed by atoms with van der Waals surface area (Å²) in [5.74, 6) is 0.744. The highest BCUT2D eigenvalue weighted by Gasteiger charge is 2.29. The number of H-pyrrole nitrogens is 1. The maximum absolute atomic E-state index is 12.7. The van der Waals surface area contributed by atoms with E-state index in [4.69, 9.17) is 23.8 Å². The van der Waals surface area contributed by atoms with Gasteiger partial charge in [-0.05, 0) is 49.7 Å². The fourth-order valence-corrected chi connectivity index (χ4v) is 4.18. The molecule has 7 heteroatoms. The first kappa shape index (κ1) is 23.2. The molecule has 0 spiro atoms. The first-order chi connectivity index (χ1) is 14.9. The highest BCUT2D eigenvalue weighted by molar-refractivity contribution is 7.71. The van der Waals surface area contributed by atoms with E-state index < -0.39 is 0 Å². The maximum Gasteiger partial charge on any atom is 0.221 e. The summed E-state index contributed by atoms with van der Waals surface area (Å²) in [5.41, 5.74) is 3.23. The van der Waals surface area contributed by atoms with Gasteiger partial charge in [-0.15, -0.1) is 0 Å². The molecule has 2 aromatic carbocycles. The highest BCUT2D eigenvalue weighted by atomic mass is 35.5. The molecule has 0 unspecified atom stereocenters. The van der Waals surface area contributed by atoms with E-state index in [9.17, 15) is 4.79 Å². The number of aryl methyl sites for hydroxylation is 1. The van der Waals surface area contributed by atoms with Crippen molar-refractivity contribution in [3.63, 3.8) is 0 Å². The quantitative estimate of drug-likeness (QED) is 0.398. The van der Waals surface area contributed by atoms with Gasteiger partial charge in [0.1, 0.15) is 0 Å². The van der Waals surface area contributed by atoms with Crippen molar-refractivity contribution in [2.75, 3.05) is 6.54 Å². The van der Waals surface area contributed by atoms with Crippen LogP contribution in [0.5, 0.6) is 0 Å². The molecule has 0 aliphatic carbocycles. The number of rotatable bonds is 9. The molecule has 0 saturated carbocycles. The Morgan fingerprint density at radius 3 is 2.39 bits per heavy atom. The molecule has 0 fully saturated rings. The van der Waals surface area contributed by atoms with Crippen LogP contribution >= 0.6 is 23.8 Å². The van der Waals surface area contributed by atoms with Crippen molar-refractivity contribution < 1.29 is 4.79 Å². The van der Waals surface area contributed by atoms with Crippen LogP contribution in [0.4, 0.5) is 0 Å². The van der Waals surface area contributed by atoms with E-state index in [1.165, 1.54) is 11.1 Å². The molecule has 5 nitrogen and oxygen atoms in total. The number of hydrogen-bond acceptors (Lipinski definition) is 3. The van der Waals surface area contributed by atoms with Crippen LogP contribution in [-0.4, -0.2) is 27.2 Å². The van der Waals surface area contributed by atoms with Crippen molar-refractivity contribution in [2.45, 2.75) is 52.0 Å². The Morgan fingerprint density at radius 2 is 1.77 bits per heavy atom. The zero-order valence-electron chi connectivity index (χ0n) is 18.2. The van der Waals surface area contributed by atoms with Crippen molar-refractivity contribution in [1.82, 2.24) is 20.1 Å². The largest absolute Gasteiger partial charge is 0.355 e. The number of benzene rings is 2. The summed E-state index contributed by atoms with van der Waals surface area (Å²) in [4.78, 5) is 12.7. The molecule has 1 heterocycles. The lowest BCUT2D eigenvalue weighted by molar-refractivity contribution is -0.121. The average molecular weight is 457 g/mol. The molecule has 31 heavy (non-hydrogen) atoms. The van der Waals surface area contributed by atoms with Crippen LogP contribution in [0, 0.1) is 11.7 Å². The Hall–Kier alpha value is -2.44. The minimum absolute atomic E-state index is 0.00167. The normalized spacial score (nSPS) is 11.5. The van der Waals surface area contributed by atoms with Crippen molar-refractivity contribution in [2.24, 2.45) is 0 Å². The van der Waals surface area contributed by atoms with Crippen LogP contribution < -0.4 is 5.32 Å². The van der Waals surface area contributed by atoms with E-state index in [0.29, 0.717) is 24.3 Å². The summed E-state index contributed by atoms with van der Waals surface area (Å²) in [7, 11) is 0. The van der Waals surface area contributed by atoms with Crippen molar-refractivity contribution in [3.8, 4) is 11.4 Å². The van der Waals surface area contributed by atoms with Gasteiger partial charge in [-0.3, -0.25) is 14.5 Å². The summed E-state index contributed by atoms with van der Waals surface area (Å²) >= 11 is 11.4. The Balaban J connectivity index is 1.66. The molecule has 1 aromatic heterocycles. The molecule has 0 aliphatic heterocycles. The zero-order valence-corrected chi connectivity index (χ0v) is 19.8. The number of carbonyl (C=O) groups excluding carboxylic acids is 1. The van der Waals surface area contributed by atoms with Crippen molar-refractivity contribution in [1.29, 1.82) is 0 Å². The molecular formula is C24H29ClN4OS. The van der Waals surface area contributed by atoms with Gasteiger partial charge in [0.25, 0.3) is 0 Å². The number of aromatic nitrogens is 3. The highest BCUT2D eigenvalue weighted by Crippen LogP contribution is 2.32. The lowest BCUT2D eigenvalue weighted by Gasteiger charge is -2.32. The van der Waals surface area contributed by atoms with Gasteiger partial charge in [-0.25, -0.2) is 0 Å². The van der Waals surface area contributed by atoms with Gasteiger partial charge in [-0.2, -0.15) is 5.10 Å². The topological polar surface area (TPSA) is 62.7 Å². The fourth-order valence-electron chi connectivity index (χ4n) is 3.83. The lowest BCUT2D eigenvalue weighted by atomic mass is 9.76. The number of hydrogen-bond donors (Lipinski definition) is 2. The number of nitrogens with one attached hydrogen (secondary N) is 2. The summed E-state index contributed by atoms with van der Waals surface area (Å²) in [5, 5.41) is 11.1. The first-order valence-electron chi connectivity index (χ1n) is 10.6. The minimum atomic E-state index is -0.112. The van der Waals surface area contributed by atoms with E-state index in [1.54, 1.807) is 0 Å². The SMILES string of the molecule is CCC(CC)(CNC(=O)CCn1c(-c2ccc(C)cc2)n[nH]c1=S)c1ccc(Cl)cc1. The summed E-state index contributed by atoms with van der Waals surface area (Å²) in [6.07, 6.45) is 2.18. The van der Waals surface area contributed by atoms with Crippen molar-refractivity contribution in [3.05, 3.63) is 69.5 Å². The Labute approximate surface area is 193 Å². The predicted octanol–water partition coefficient (Wildman–Crippen LogP) is 5.83. The van der Waals surface area contributed by atoms with Gasteiger partial charge >= 0.3 is 0 Å². The van der Waals surface area contributed by atoms with Crippen LogP contribution in [0.3, 0.4) is 0 Å². The second-order valence-corrected chi connectivity index (χ2v) is 8.71. The number of aromatic amines is 1. The second kappa shape index (κ2) is 10.2. The number of carbonyl (C=O) groups is 1. The second-order valence-electron chi connectivity index (χ2n) is 7.89. The molecule has 3 rings (SSSR count). The zero-order chi connectivity index (χ0) is 22.4. The van der Waals surface area contributed by atoms with Gasteiger partial charge in [0.05, 0.1) is 0 Å². The molecular weight excluding hydrogens is 428 g/mol. The third-order valence-electron chi connectivity index (χ3n) is 6.06. The molecule has 0 aliphatic rings. The molecule has 0 bridgehead atoms. The molecule has 0 saturated heterocycles. The van der Waals surface area contributed by atoms with Crippen molar-refractivity contribution >= 4 is 29.7 Å². The molecule has 164 valence electrons. The van der Waals surface area contributed by atoms with Crippen LogP contribution in [0.2, 0.25) is 5.02 Å². The van der Waals surface area contributed by atoms with E-state index in [2.05, 4.69) is 41.5 Å². The maximum atomic E-state index is 12.7. The summed E-state index contributed by atoms with van der Waals surface area (Å²) < 4.78 is 2.40. The molecule has 2 N–H and O–H groups in total. The van der Waals surface area contributed by atoms with E-state index in [0.717, 1.165) is 29.3 Å². The van der Waals surface area contributed by atoms with E-state index >= 15 is 0 Å². The Kier molecular flexibility index (Phi) is 7.68. The van der Waals surface area contributed by atoms with Gasteiger partial charge in [0.2, 0.25) is 5.91 Å². The Morgan fingerprint density at radius 1 is 1.13 bits per heavy atom. The van der Waals surface area contributed by atoms with Gasteiger partial charge in [0, 0.05) is 35.5 Å². The molecule has 3 aromatic rings. The monoisotopic (exact) mass is 456 g/mol. The first-order valence-corrected chi connectivity index (χ1v) is 11.4. The number of amides is 1. The standard InChI is InChI=1S/C24H29ClN4OS/c1-4-24(5-2,19-10-12-20(25)13-11-19)16-26-21(30)14-15-29-22(27-28-23(29)31)18-8-6-17(3)7-9-18/h6-13H,4-5,14-16H2,1-3H3,(H,26,30)(H,28,31). The molecule has 0 radical (unpaired) electrons. The van der Waals surface area contributed by atoms with Crippen LogP contribution in [0.1, 0.15) is 44.2 Å². The van der Waals surface area contributed by atoms with Crippen LogP contribution in [0.25, 0.3) is 11.4 Å². The number of halogens is 1. The fraction of sp³-hybridized carbons (Fsp3) is 0.375. The van der Waals surface area contributed by atoms with Crippen LogP contribution in [-0.2, 0) is 16.8 Å². The molecule has 0 atom stereocenters. The third-order valence-corrected chi connectivity index (χ3v) is 6.63. The predicted molar refractivity (Wildman–Crippen MR) is 129 cm³/mol. The smallest absolute Gasteiger partial charge is 0.221 e. The summed E-state index contributed by atoms with van der Waals surface area (Å²) in [6.45, 7) is 7.41. The molecule has 1 amide bonds. The van der Waals surface area contributed by atoms with Gasteiger partial charge < -0.3 is 5.32 Å². The Bertz CT molecular complexity index is 1070.